The number of methoxy groups -OCH3 is 1. The number of benzene rings is 1. The van der Waals surface area contributed by atoms with Crippen molar-refractivity contribution in [2.24, 2.45) is 0 Å². The van der Waals surface area contributed by atoms with E-state index in [1.165, 1.54) is 7.11 Å². The molecule has 0 spiro atoms. The minimum absolute atomic E-state index is 0. The fourth-order valence-electron chi connectivity index (χ4n) is 2.88. The van der Waals surface area contributed by atoms with Crippen molar-refractivity contribution in [3.63, 3.8) is 0 Å². The van der Waals surface area contributed by atoms with E-state index in [0.717, 1.165) is 6.42 Å². The number of hydrogen-bond acceptors (Lipinski definition) is 3. The quantitative estimate of drug-likeness (QED) is 0.901. The fraction of sp³-hybridized carbons (Fsp3) is 0.647. The molecule has 1 N–H and O–H groups in total. The number of hydrogen-bond donors (Lipinski definition) is 1. The lowest BCUT2D eigenvalue weighted by atomic mass is 9.72. The molecular weight excluding hydrogens is 286 g/mol. The monoisotopic (exact) mass is 321 g/mol. The molecule has 4 heteroatoms. The molecule has 0 aromatic heterocycles. The standard InChI is InChI=1S/C17H27NO2.ClH/c1-18(2)13-16(17(19)11-5-4-6-12-17)14-7-9-15(20-3)10-8-14;/h7-10,16,19H,4-6,11-13H2,1-3H3;1H/t16-;/m0./s1/i1D3,2D3,13D2;. The molecule has 0 unspecified atom stereocenters. The lowest BCUT2D eigenvalue weighted by molar-refractivity contribution is -0.0277. The summed E-state index contributed by atoms with van der Waals surface area (Å²) in [5.41, 5.74) is -1.24. The molecule has 2 rings (SSSR count). The third-order valence-corrected chi connectivity index (χ3v) is 3.96. The van der Waals surface area contributed by atoms with Crippen LogP contribution < -0.4 is 4.74 Å². The van der Waals surface area contributed by atoms with Gasteiger partial charge in [-0.1, -0.05) is 31.4 Å². The van der Waals surface area contributed by atoms with E-state index in [1.54, 1.807) is 24.3 Å². The van der Waals surface area contributed by atoms with Gasteiger partial charge in [-0.05, 0) is 44.5 Å². The van der Waals surface area contributed by atoms with Gasteiger partial charge in [0.2, 0.25) is 0 Å². The second-order valence-corrected chi connectivity index (χ2v) is 5.33. The SMILES string of the molecule is Cl.[2H]C([2H])([2H])N(C([2H])([2H])[2H])C([2H])([2H])[C@@H](c1ccc(OC)cc1)C1(O)CCCCC1. The van der Waals surface area contributed by atoms with Gasteiger partial charge in [0.05, 0.1) is 12.7 Å². The first kappa shape index (κ1) is 9.39. The van der Waals surface area contributed by atoms with Crippen LogP contribution in [0.4, 0.5) is 0 Å². The van der Waals surface area contributed by atoms with Gasteiger partial charge in [-0.25, -0.2) is 0 Å². The van der Waals surface area contributed by atoms with Crippen molar-refractivity contribution >= 4 is 12.4 Å². The van der Waals surface area contributed by atoms with Gasteiger partial charge in [-0.3, -0.25) is 0 Å². The van der Waals surface area contributed by atoms with Crippen molar-refractivity contribution < 1.29 is 20.8 Å². The Morgan fingerprint density at radius 2 is 1.90 bits per heavy atom. The van der Waals surface area contributed by atoms with E-state index in [-0.39, 0.29) is 30.1 Å². The molecule has 120 valence electrons. The summed E-state index contributed by atoms with van der Waals surface area (Å²) < 4.78 is 68.3. The molecule has 3 nitrogen and oxygen atoms in total. The van der Waals surface area contributed by atoms with Crippen LogP contribution in [0.15, 0.2) is 24.3 Å². The maximum atomic E-state index is 11.4. The Balaban J connectivity index is 0.00000420. The molecule has 0 saturated heterocycles. The van der Waals surface area contributed by atoms with Crippen molar-refractivity contribution in [1.29, 1.82) is 0 Å². The van der Waals surface area contributed by atoms with Crippen LogP contribution in [0.25, 0.3) is 0 Å². The number of halogens is 1. The van der Waals surface area contributed by atoms with E-state index in [2.05, 4.69) is 0 Å². The van der Waals surface area contributed by atoms with Crippen LogP contribution in [0.1, 0.15) is 54.6 Å². The molecule has 1 fully saturated rings. The molecule has 21 heavy (non-hydrogen) atoms. The topological polar surface area (TPSA) is 32.7 Å². The molecular formula is C17H28ClNO2. The van der Waals surface area contributed by atoms with E-state index in [4.69, 9.17) is 15.7 Å². The maximum Gasteiger partial charge on any atom is 0.118 e. The normalized spacial score (nSPS) is 26.4. The van der Waals surface area contributed by atoms with Crippen molar-refractivity contribution in [2.45, 2.75) is 43.6 Å². The summed E-state index contributed by atoms with van der Waals surface area (Å²) in [6.07, 6.45) is 2.71. The fourth-order valence-corrected chi connectivity index (χ4v) is 2.88. The summed E-state index contributed by atoms with van der Waals surface area (Å²) in [5.74, 6) is -0.853. The van der Waals surface area contributed by atoms with Crippen LogP contribution in [-0.2, 0) is 0 Å². The predicted molar refractivity (Wildman–Crippen MR) is 89.6 cm³/mol. The molecule has 0 aliphatic heterocycles. The first-order valence-corrected chi connectivity index (χ1v) is 6.90. The number of aliphatic hydroxyl groups is 1. The molecule has 0 bridgehead atoms. The lowest BCUT2D eigenvalue weighted by Crippen LogP contribution is -2.42. The van der Waals surface area contributed by atoms with Gasteiger partial charge >= 0.3 is 0 Å². The highest BCUT2D eigenvalue weighted by molar-refractivity contribution is 5.85. The minimum Gasteiger partial charge on any atom is -0.497 e. The van der Waals surface area contributed by atoms with Crippen LogP contribution in [0, 0.1) is 0 Å². The Kier molecular flexibility index (Phi) is 3.58. The molecule has 1 saturated carbocycles. The summed E-state index contributed by atoms with van der Waals surface area (Å²) in [6.45, 7) is -9.30. The van der Waals surface area contributed by atoms with Gasteiger partial charge in [-0.15, -0.1) is 12.4 Å². The first-order valence-electron chi connectivity index (χ1n) is 10.9. The largest absolute Gasteiger partial charge is 0.497 e. The molecule has 1 aliphatic carbocycles. The summed E-state index contributed by atoms with van der Waals surface area (Å²) in [7, 11) is 1.48. The van der Waals surface area contributed by atoms with Crippen molar-refractivity contribution in [3.05, 3.63) is 29.8 Å². The Morgan fingerprint density at radius 3 is 2.43 bits per heavy atom. The zero-order chi connectivity index (χ0) is 21.4. The van der Waals surface area contributed by atoms with Crippen LogP contribution in [0.2, 0.25) is 0 Å². The molecule has 1 aromatic carbocycles. The Bertz CT molecular complexity index is 643. The summed E-state index contributed by atoms with van der Waals surface area (Å²) in [6, 6.07) is 6.26. The second kappa shape index (κ2) is 8.02. The zero-order valence-corrected chi connectivity index (χ0v) is 12.9. The Morgan fingerprint density at radius 1 is 1.29 bits per heavy atom. The number of ether oxygens (including phenoxy) is 1. The van der Waals surface area contributed by atoms with Crippen molar-refractivity contribution in [1.82, 2.24) is 4.90 Å². The van der Waals surface area contributed by atoms with Crippen LogP contribution >= 0.6 is 12.4 Å². The van der Waals surface area contributed by atoms with E-state index in [0.29, 0.717) is 24.2 Å². The van der Waals surface area contributed by atoms with E-state index < -0.39 is 32.0 Å². The summed E-state index contributed by atoms with van der Waals surface area (Å²) in [4.78, 5) is -0.0610. The first-order chi connectivity index (χ1) is 12.7. The molecule has 0 amide bonds. The number of rotatable bonds is 5. The second-order valence-electron chi connectivity index (χ2n) is 5.33. The van der Waals surface area contributed by atoms with Crippen LogP contribution in [0.3, 0.4) is 0 Å². The Labute approximate surface area is 146 Å². The van der Waals surface area contributed by atoms with Gasteiger partial charge in [-0.2, -0.15) is 0 Å². The maximum absolute atomic E-state index is 11.4. The third kappa shape index (κ3) is 4.60. The Hall–Kier alpha value is -0.770. The summed E-state index contributed by atoms with van der Waals surface area (Å²) >= 11 is 0. The minimum atomic E-state index is -3.22. The van der Waals surface area contributed by atoms with Gasteiger partial charge in [0.25, 0.3) is 0 Å². The highest BCUT2D eigenvalue weighted by Gasteiger charge is 2.38. The molecule has 0 radical (unpaired) electrons. The van der Waals surface area contributed by atoms with Gasteiger partial charge in [0.15, 0.2) is 0 Å². The number of nitrogens with zero attached hydrogens (tertiary/aromatic N) is 1. The van der Waals surface area contributed by atoms with Crippen LogP contribution in [0.5, 0.6) is 5.75 Å². The molecule has 1 aromatic rings. The van der Waals surface area contributed by atoms with Gasteiger partial charge in [0.1, 0.15) is 5.75 Å². The molecule has 1 aliphatic rings. The average molecular weight is 322 g/mol. The summed E-state index contributed by atoms with van der Waals surface area (Å²) in [5, 5.41) is 11.4. The molecule has 1 atom stereocenters. The van der Waals surface area contributed by atoms with Gasteiger partial charge < -0.3 is 14.7 Å². The zero-order valence-electron chi connectivity index (χ0n) is 20.1. The smallest absolute Gasteiger partial charge is 0.118 e. The number of likely N-dealkylation sites (N-methyl/N-ethyl adjacent to an activating group) is 1. The van der Waals surface area contributed by atoms with Gasteiger partial charge in [0, 0.05) is 23.4 Å². The van der Waals surface area contributed by atoms with Crippen molar-refractivity contribution in [3.8, 4) is 5.75 Å². The lowest BCUT2D eigenvalue weighted by Gasteiger charge is -2.40. The molecule has 0 heterocycles. The van der Waals surface area contributed by atoms with E-state index in [9.17, 15) is 5.11 Å². The highest BCUT2D eigenvalue weighted by Crippen LogP contribution is 2.40. The van der Waals surface area contributed by atoms with E-state index >= 15 is 0 Å². The predicted octanol–water partition coefficient (Wildman–Crippen LogP) is 3.46. The third-order valence-electron chi connectivity index (χ3n) is 3.96. The average Bonchev–Trinajstić information content (AvgIpc) is 2.52. The van der Waals surface area contributed by atoms with Crippen molar-refractivity contribution in [2.75, 3.05) is 27.6 Å². The highest BCUT2D eigenvalue weighted by atomic mass is 35.5. The van der Waals surface area contributed by atoms with Crippen LogP contribution in [-0.4, -0.2) is 43.2 Å². The van der Waals surface area contributed by atoms with E-state index in [1.807, 2.05) is 0 Å².